The van der Waals surface area contributed by atoms with Gasteiger partial charge >= 0.3 is 0 Å². The maximum atomic E-state index is 10.3. The first kappa shape index (κ1) is 13.4. The number of hydrogen-bond acceptors (Lipinski definition) is 2. The van der Waals surface area contributed by atoms with Crippen molar-refractivity contribution in [3.63, 3.8) is 0 Å². The first-order valence-electron chi connectivity index (χ1n) is 5.87. The molecule has 0 aliphatic rings. The van der Waals surface area contributed by atoms with Crippen molar-refractivity contribution in [2.75, 3.05) is 6.61 Å². The van der Waals surface area contributed by atoms with Gasteiger partial charge < -0.3 is 9.84 Å². The minimum absolute atomic E-state index is 0.589. The highest BCUT2D eigenvalue weighted by atomic mass is 127. The summed E-state index contributed by atoms with van der Waals surface area (Å²) in [6.07, 6.45) is -0.589. The molecule has 1 N–H and O–H groups in total. The smallest absolute Gasteiger partial charge is 0.119 e. The van der Waals surface area contributed by atoms with Gasteiger partial charge in [0.25, 0.3) is 0 Å². The van der Waals surface area contributed by atoms with Crippen LogP contribution >= 0.6 is 22.6 Å². The normalized spacial score (nSPS) is 12.2. The fourth-order valence-corrected chi connectivity index (χ4v) is 2.47. The molecule has 2 nitrogen and oxygen atoms in total. The number of rotatable bonds is 4. The molecule has 0 aromatic heterocycles. The molecule has 94 valence electrons. The lowest BCUT2D eigenvalue weighted by Gasteiger charge is -2.13. The first-order valence-corrected chi connectivity index (χ1v) is 6.95. The third-order valence-electron chi connectivity index (χ3n) is 2.71. The van der Waals surface area contributed by atoms with E-state index < -0.39 is 6.10 Å². The molecule has 0 radical (unpaired) electrons. The molecule has 1 atom stereocenters. The molecule has 0 bridgehead atoms. The maximum Gasteiger partial charge on any atom is 0.119 e. The van der Waals surface area contributed by atoms with Gasteiger partial charge in [-0.2, -0.15) is 0 Å². The molecule has 0 aliphatic heterocycles. The molecular formula is C15H15IO2. The predicted octanol–water partition coefficient (Wildman–Crippen LogP) is 3.77. The topological polar surface area (TPSA) is 29.5 Å². The van der Waals surface area contributed by atoms with Gasteiger partial charge in [0.05, 0.1) is 6.61 Å². The zero-order valence-electron chi connectivity index (χ0n) is 10.1. The Bertz CT molecular complexity index is 508. The second-order valence-electron chi connectivity index (χ2n) is 3.93. The van der Waals surface area contributed by atoms with Crippen molar-refractivity contribution >= 4 is 22.6 Å². The van der Waals surface area contributed by atoms with E-state index in [4.69, 9.17) is 4.74 Å². The lowest BCUT2D eigenvalue weighted by Crippen LogP contribution is -2.02. The fraction of sp³-hybridized carbons (Fsp3) is 0.200. The summed E-state index contributed by atoms with van der Waals surface area (Å²) in [5.41, 5.74) is 1.81. The number of aliphatic hydroxyl groups is 1. The van der Waals surface area contributed by atoms with E-state index in [0.717, 1.165) is 20.4 Å². The van der Waals surface area contributed by atoms with E-state index in [1.165, 1.54) is 0 Å². The van der Waals surface area contributed by atoms with Crippen molar-refractivity contribution in [3.05, 3.63) is 63.2 Å². The molecular weight excluding hydrogens is 339 g/mol. The fourth-order valence-electron chi connectivity index (χ4n) is 1.79. The highest BCUT2D eigenvalue weighted by molar-refractivity contribution is 14.1. The van der Waals surface area contributed by atoms with E-state index in [0.29, 0.717) is 6.61 Å². The summed E-state index contributed by atoms with van der Waals surface area (Å²) in [4.78, 5) is 0. The number of halogens is 1. The third kappa shape index (κ3) is 3.03. The van der Waals surface area contributed by atoms with Gasteiger partial charge in [-0.1, -0.05) is 30.3 Å². The second kappa shape index (κ2) is 6.20. The van der Waals surface area contributed by atoms with Crippen LogP contribution in [0.15, 0.2) is 48.5 Å². The van der Waals surface area contributed by atoms with Crippen molar-refractivity contribution in [1.29, 1.82) is 0 Å². The van der Waals surface area contributed by atoms with Crippen molar-refractivity contribution < 1.29 is 9.84 Å². The van der Waals surface area contributed by atoms with Crippen LogP contribution in [0.3, 0.4) is 0 Å². The van der Waals surface area contributed by atoms with Crippen LogP contribution in [-0.2, 0) is 0 Å². The van der Waals surface area contributed by atoms with Gasteiger partial charge in [-0.25, -0.2) is 0 Å². The van der Waals surface area contributed by atoms with Gasteiger partial charge in [0.1, 0.15) is 11.9 Å². The van der Waals surface area contributed by atoms with Crippen LogP contribution in [0.1, 0.15) is 24.2 Å². The van der Waals surface area contributed by atoms with Crippen molar-refractivity contribution in [1.82, 2.24) is 0 Å². The lowest BCUT2D eigenvalue weighted by molar-refractivity contribution is 0.219. The minimum atomic E-state index is -0.589. The van der Waals surface area contributed by atoms with Crippen LogP contribution in [0.2, 0.25) is 0 Å². The standard InChI is InChI=1S/C15H15IO2/c1-2-18-12-9-7-11(8-10-12)15(17)13-5-3-4-6-14(13)16/h3-10,15,17H,2H2,1H3. The summed E-state index contributed by atoms with van der Waals surface area (Å²) in [7, 11) is 0. The van der Waals surface area contributed by atoms with Crippen LogP contribution in [0, 0.1) is 3.57 Å². The Hall–Kier alpha value is -1.07. The molecule has 0 fully saturated rings. The average molecular weight is 354 g/mol. The third-order valence-corrected chi connectivity index (χ3v) is 3.69. The van der Waals surface area contributed by atoms with Crippen LogP contribution in [0.5, 0.6) is 5.75 Å². The Morgan fingerprint density at radius 3 is 2.39 bits per heavy atom. The summed E-state index contributed by atoms with van der Waals surface area (Å²) < 4.78 is 6.45. The second-order valence-corrected chi connectivity index (χ2v) is 5.09. The Morgan fingerprint density at radius 2 is 1.78 bits per heavy atom. The molecule has 0 aliphatic carbocycles. The van der Waals surface area contributed by atoms with E-state index in [2.05, 4.69) is 22.6 Å². The van der Waals surface area contributed by atoms with Crippen molar-refractivity contribution in [2.24, 2.45) is 0 Å². The molecule has 2 aromatic rings. The van der Waals surface area contributed by atoms with Gasteiger partial charge in [0.15, 0.2) is 0 Å². The van der Waals surface area contributed by atoms with Gasteiger partial charge in [-0.15, -0.1) is 0 Å². The minimum Gasteiger partial charge on any atom is -0.494 e. The molecule has 2 aromatic carbocycles. The van der Waals surface area contributed by atoms with E-state index in [1.807, 2.05) is 55.5 Å². The zero-order chi connectivity index (χ0) is 13.0. The van der Waals surface area contributed by atoms with Gasteiger partial charge in [-0.05, 0) is 58.8 Å². The van der Waals surface area contributed by atoms with Crippen LogP contribution in [0.25, 0.3) is 0 Å². The largest absolute Gasteiger partial charge is 0.494 e. The maximum absolute atomic E-state index is 10.3. The zero-order valence-corrected chi connectivity index (χ0v) is 12.3. The van der Waals surface area contributed by atoms with Gasteiger partial charge in [0.2, 0.25) is 0 Å². The average Bonchev–Trinajstić information content (AvgIpc) is 2.40. The van der Waals surface area contributed by atoms with E-state index >= 15 is 0 Å². The predicted molar refractivity (Wildman–Crippen MR) is 80.8 cm³/mol. The first-order chi connectivity index (χ1) is 8.72. The van der Waals surface area contributed by atoms with E-state index in [-0.39, 0.29) is 0 Å². The molecule has 3 heteroatoms. The highest BCUT2D eigenvalue weighted by Gasteiger charge is 2.12. The number of benzene rings is 2. The monoisotopic (exact) mass is 354 g/mol. The Balaban J connectivity index is 2.23. The summed E-state index contributed by atoms with van der Waals surface area (Å²) in [6.45, 7) is 2.60. The number of ether oxygens (including phenoxy) is 1. The van der Waals surface area contributed by atoms with Crippen LogP contribution in [0.4, 0.5) is 0 Å². The molecule has 2 rings (SSSR count). The quantitative estimate of drug-likeness (QED) is 0.847. The van der Waals surface area contributed by atoms with Crippen molar-refractivity contribution in [3.8, 4) is 5.75 Å². The number of hydrogen-bond donors (Lipinski definition) is 1. The Morgan fingerprint density at radius 1 is 1.11 bits per heavy atom. The Kier molecular flexibility index (Phi) is 4.60. The van der Waals surface area contributed by atoms with Gasteiger partial charge in [-0.3, -0.25) is 0 Å². The molecule has 0 spiro atoms. The summed E-state index contributed by atoms with van der Waals surface area (Å²) >= 11 is 2.24. The molecule has 0 heterocycles. The van der Waals surface area contributed by atoms with E-state index in [1.54, 1.807) is 0 Å². The lowest BCUT2D eigenvalue weighted by atomic mass is 10.0. The summed E-state index contributed by atoms with van der Waals surface area (Å²) in [5, 5.41) is 10.3. The molecule has 0 saturated carbocycles. The molecule has 18 heavy (non-hydrogen) atoms. The molecule has 0 saturated heterocycles. The van der Waals surface area contributed by atoms with Crippen molar-refractivity contribution in [2.45, 2.75) is 13.0 Å². The van der Waals surface area contributed by atoms with E-state index in [9.17, 15) is 5.11 Å². The SMILES string of the molecule is CCOc1ccc(C(O)c2ccccc2I)cc1. The number of aliphatic hydroxyl groups excluding tert-OH is 1. The summed E-state index contributed by atoms with van der Waals surface area (Å²) in [5.74, 6) is 0.830. The summed E-state index contributed by atoms with van der Waals surface area (Å²) in [6, 6.07) is 15.4. The van der Waals surface area contributed by atoms with Crippen LogP contribution < -0.4 is 4.74 Å². The van der Waals surface area contributed by atoms with Crippen LogP contribution in [-0.4, -0.2) is 11.7 Å². The molecule has 0 amide bonds. The highest BCUT2D eigenvalue weighted by Crippen LogP contribution is 2.27. The van der Waals surface area contributed by atoms with Gasteiger partial charge in [0, 0.05) is 3.57 Å². The Labute approximate surface area is 121 Å². The molecule has 1 unspecified atom stereocenters.